The summed E-state index contributed by atoms with van der Waals surface area (Å²) in [5.41, 5.74) is 0. The van der Waals surface area contributed by atoms with Crippen LogP contribution in [0, 0.1) is 5.92 Å². The van der Waals surface area contributed by atoms with Crippen LogP contribution >= 0.6 is 11.6 Å². The van der Waals surface area contributed by atoms with Crippen LogP contribution in [-0.2, 0) is 19.6 Å². The summed E-state index contributed by atoms with van der Waals surface area (Å²) in [7, 11) is -5.60. The van der Waals surface area contributed by atoms with Gasteiger partial charge in [-0.05, 0) is 25.2 Å². The van der Waals surface area contributed by atoms with Crippen LogP contribution in [0.2, 0.25) is 0 Å². The molecule has 0 aliphatic carbocycles. The highest BCUT2D eigenvalue weighted by Gasteiger charge is 2.54. The van der Waals surface area contributed by atoms with E-state index in [1.54, 1.807) is 0 Å². The number of hydrogen-bond donors (Lipinski definition) is 1. The number of unbranched alkanes of at least 4 members (excludes halogenated alkanes) is 1. The molecule has 0 saturated heterocycles. The summed E-state index contributed by atoms with van der Waals surface area (Å²) in [5, 5.41) is -3.56. The van der Waals surface area contributed by atoms with Crippen molar-refractivity contribution >= 4 is 27.7 Å². The lowest BCUT2D eigenvalue weighted by Gasteiger charge is -2.16. The Morgan fingerprint density at radius 2 is 1.90 bits per heavy atom. The van der Waals surface area contributed by atoms with E-state index in [0.29, 0.717) is 12.3 Å². The van der Waals surface area contributed by atoms with Crippen LogP contribution in [0.25, 0.3) is 0 Å². The van der Waals surface area contributed by atoms with Gasteiger partial charge in [-0.15, -0.1) is 11.6 Å². The van der Waals surface area contributed by atoms with Gasteiger partial charge in [-0.25, -0.2) is 0 Å². The van der Waals surface area contributed by atoms with Gasteiger partial charge in [-0.2, -0.15) is 21.6 Å². The lowest BCUT2D eigenvalue weighted by Crippen LogP contribution is -2.44. The molecule has 0 fully saturated rings. The SMILES string of the molecule is CCC(CCl)CCCCOC(=O)C(C(F)(F)F)S(=O)(=O)O. The molecule has 1 N–H and O–H groups in total. The van der Waals surface area contributed by atoms with Crippen molar-refractivity contribution in [3.05, 3.63) is 0 Å². The molecule has 2 atom stereocenters. The summed E-state index contributed by atoms with van der Waals surface area (Å²) in [6, 6.07) is 0. The summed E-state index contributed by atoms with van der Waals surface area (Å²) in [6.45, 7) is 1.60. The van der Waals surface area contributed by atoms with E-state index in [1.165, 1.54) is 0 Å². The summed E-state index contributed by atoms with van der Waals surface area (Å²) < 4.78 is 71.1. The van der Waals surface area contributed by atoms with Crippen LogP contribution in [0.3, 0.4) is 0 Å². The quantitative estimate of drug-likeness (QED) is 0.298. The number of hydrogen-bond acceptors (Lipinski definition) is 4. The maximum atomic E-state index is 12.4. The van der Waals surface area contributed by atoms with Gasteiger partial charge in [0.05, 0.1) is 6.61 Å². The number of carbonyl (C=O) groups excluding carboxylic acids is 1. The van der Waals surface area contributed by atoms with E-state index in [2.05, 4.69) is 4.74 Å². The zero-order valence-corrected chi connectivity index (χ0v) is 13.0. The van der Waals surface area contributed by atoms with Crippen molar-refractivity contribution in [3.63, 3.8) is 0 Å². The first-order valence-corrected chi connectivity index (χ1v) is 8.33. The van der Waals surface area contributed by atoms with Crippen LogP contribution in [0.4, 0.5) is 13.2 Å². The second-order valence-corrected chi connectivity index (χ2v) is 6.34. The van der Waals surface area contributed by atoms with Crippen molar-refractivity contribution in [2.75, 3.05) is 12.5 Å². The number of halogens is 4. The fourth-order valence-corrected chi connectivity index (χ4v) is 2.62. The van der Waals surface area contributed by atoms with Gasteiger partial charge in [-0.3, -0.25) is 9.35 Å². The first-order valence-electron chi connectivity index (χ1n) is 6.29. The van der Waals surface area contributed by atoms with Gasteiger partial charge in [0.25, 0.3) is 15.4 Å². The zero-order valence-electron chi connectivity index (χ0n) is 11.4. The van der Waals surface area contributed by atoms with Crippen LogP contribution < -0.4 is 0 Å². The third-order valence-corrected chi connectivity index (χ3v) is 4.35. The fraction of sp³-hybridized carbons (Fsp3) is 0.909. The smallest absolute Gasteiger partial charge is 0.418 e. The molecule has 0 aromatic rings. The lowest BCUT2D eigenvalue weighted by atomic mass is 10.0. The zero-order chi connectivity index (χ0) is 16.7. The average Bonchev–Trinajstić information content (AvgIpc) is 2.30. The molecule has 126 valence electrons. The van der Waals surface area contributed by atoms with Gasteiger partial charge in [0.15, 0.2) is 0 Å². The van der Waals surface area contributed by atoms with Gasteiger partial charge < -0.3 is 4.74 Å². The van der Waals surface area contributed by atoms with E-state index in [4.69, 9.17) is 16.2 Å². The normalized spacial score (nSPS) is 15.5. The van der Waals surface area contributed by atoms with Crippen LogP contribution in [0.1, 0.15) is 32.6 Å². The molecule has 0 aliphatic heterocycles. The molecule has 0 aromatic carbocycles. The molecule has 10 heteroatoms. The third kappa shape index (κ3) is 7.87. The Bertz CT molecular complexity index is 420. The number of rotatable bonds is 9. The Balaban J connectivity index is 4.30. The first-order chi connectivity index (χ1) is 9.54. The van der Waals surface area contributed by atoms with Crippen molar-refractivity contribution in [3.8, 4) is 0 Å². The summed E-state index contributed by atoms with van der Waals surface area (Å²) >= 11 is 5.67. The number of esters is 1. The van der Waals surface area contributed by atoms with Gasteiger partial charge in [0.2, 0.25) is 0 Å². The van der Waals surface area contributed by atoms with E-state index in [9.17, 15) is 26.4 Å². The molecule has 0 saturated carbocycles. The largest absolute Gasteiger partial charge is 0.464 e. The average molecular weight is 355 g/mol. The van der Waals surface area contributed by atoms with E-state index in [1.807, 2.05) is 6.92 Å². The first kappa shape index (κ1) is 20.5. The second kappa shape index (κ2) is 8.79. The van der Waals surface area contributed by atoms with Crippen LogP contribution in [0.5, 0.6) is 0 Å². The predicted molar refractivity (Wildman–Crippen MR) is 70.7 cm³/mol. The maximum Gasteiger partial charge on any atom is 0.418 e. The predicted octanol–water partition coefficient (Wildman–Crippen LogP) is 2.78. The highest BCUT2D eigenvalue weighted by molar-refractivity contribution is 7.87. The molecule has 0 bridgehead atoms. The molecule has 5 nitrogen and oxygen atoms in total. The highest BCUT2D eigenvalue weighted by atomic mass is 35.5. The van der Waals surface area contributed by atoms with E-state index in [-0.39, 0.29) is 18.9 Å². The van der Waals surface area contributed by atoms with E-state index >= 15 is 0 Å². The molecule has 0 spiro atoms. The monoisotopic (exact) mass is 354 g/mol. The molecular weight excluding hydrogens is 337 g/mol. The Morgan fingerprint density at radius 1 is 1.33 bits per heavy atom. The maximum absolute atomic E-state index is 12.4. The Hall–Kier alpha value is -0.540. The minimum atomic E-state index is -5.60. The molecule has 0 amide bonds. The molecule has 2 unspecified atom stereocenters. The van der Waals surface area contributed by atoms with Crippen molar-refractivity contribution in [1.29, 1.82) is 0 Å². The molecule has 0 rings (SSSR count). The van der Waals surface area contributed by atoms with Gasteiger partial charge in [-0.1, -0.05) is 13.3 Å². The van der Waals surface area contributed by atoms with Gasteiger partial charge >= 0.3 is 12.1 Å². The molecule has 21 heavy (non-hydrogen) atoms. The van der Waals surface area contributed by atoms with Crippen molar-refractivity contribution < 1.29 is 35.7 Å². The van der Waals surface area contributed by atoms with Crippen LogP contribution in [-0.4, -0.2) is 42.9 Å². The molecular formula is C11H18ClF3O5S. The second-order valence-electron chi connectivity index (χ2n) is 4.53. The molecule has 0 aliphatic rings. The molecule has 0 heterocycles. The fourth-order valence-electron chi connectivity index (χ4n) is 1.60. The minimum Gasteiger partial charge on any atom is -0.464 e. The van der Waals surface area contributed by atoms with Gasteiger partial charge in [0.1, 0.15) is 0 Å². The van der Waals surface area contributed by atoms with Crippen LogP contribution in [0.15, 0.2) is 0 Å². The van der Waals surface area contributed by atoms with Crippen molar-refractivity contribution in [2.24, 2.45) is 5.92 Å². The summed E-state index contributed by atoms with van der Waals surface area (Å²) in [6.07, 6.45) is -2.95. The Labute approximate surface area is 126 Å². The third-order valence-electron chi connectivity index (χ3n) is 2.86. The minimum absolute atomic E-state index is 0.281. The molecule has 0 aromatic heterocycles. The molecule has 0 radical (unpaired) electrons. The number of alkyl halides is 4. The summed E-state index contributed by atoms with van der Waals surface area (Å²) in [5.74, 6) is -1.27. The topological polar surface area (TPSA) is 80.7 Å². The lowest BCUT2D eigenvalue weighted by molar-refractivity contribution is -0.169. The van der Waals surface area contributed by atoms with E-state index < -0.39 is 27.5 Å². The standard InChI is InChI=1S/C11H18ClF3O5S/c1-2-8(7-12)5-3-4-6-20-10(16)9(11(13,14)15)21(17,18)19/h8-9H,2-7H2,1H3,(H,17,18,19). The highest BCUT2D eigenvalue weighted by Crippen LogP contribution is 2.26. The summed E-state index contributed by atoms with van der Waals surface area (Å²) in [4.78, 5) is 11.1. The Morgan fingerprint density at radius 3 is 2.29 bits per heavy atom. The number of ether oxygens (including phenoxy) is 1. The Kier molecular flexibility index (Phi) is 8.57. The van der Waals surface area contributed by atoms with Gasteiger partial charge in [0, 0.05) is 5.88 Å². The number of carbonyl (C=O) groups is 1. The van der Waals surface area contributed by atoms with Crippen molar-refractivity contribution in [2.45, 2.75) is 44.0 Å². The van der Waals surface area contributed by atoms with E-state index in [0.717, 1.165) is 12.8 Å². The van der Waals surface area contributed by atoms with Crippen molar-refractivity contribution in [1.82, 2.24) is 0 Å².